The summed E-state index contributed by atoms with van der Waals surface area (Å²) in [6.45, 7) is 4.05. The van der Waals surface area contributed by atoms with E-state index in [0.29, 0.717) is 32.2 Å². The molecule has 11 heteroatoms. The molecule has 2 unspecified atom stereocenters. The fourth-order valence-corrected chi connectivity index (χ4v) is 5.65. The Morgan fingerprint density at radius 3 is 1.58 bits per heavy atom. The lowest BCUT2D eigenvalue weighted by Crippen LogP contribution is -2.48. The van der Waals surface area contributed by atoms with Gasteiger partial charge in [-0.05, 0) is 31.6 Å². The number of likely N-dealkylation sites (tertiary alicyclic amines) is 1. The SMILES string of the molecule is CC(C)C1CC(=O)N(CCCCCC(=O)NCC(NC(=O)CCCCCCCCCCCCCCCCC(=O)O)C(=O)O)C1=O. The minimum atomic E-state index is -1.20. The molecular weight excluding hydrogens is 578 g/mol. The van der Waals surface area contributed by atoms with Crippen LogP contribution in [0.4, 0.5) is 0 Å². The average molecular weight is 638 g/mol. The molecule has 1 aliphatic heterocycles. The van der Waals surface area contributed by atoms with Crippen molar-refractivity contribution in [2.24, 2.45) is 11.8 Å². The van der Waals surface area contributed by atoms with Crippen molar-refractivity contribution < 1.29 is 39.0 Å². The number of amides is 4. The minimum Gasteiger partial charge on any atom is -0.481 e. The first kappa shape index (κ1) is 40.0. The summed E-state index contributed by atoms with van der Waals surface area (Å²) in [5, 5.41) is 23.2. The van der Waals surface area contributed by atoms with Gasteiger partial charge >= 0.3 is 11.9 Å². The maximum atomic E-state index is 12.4. The monoisotopic (exact) mass is 637 g/mol. The van der Waals surface area contributed by atoms with E-state index in [2.05, 4.69) is 10.6 Å². The third-order valence-electron chi connectivity index (χ3n) is 8.55. The fraction of sp³-hybridized carbons (Fsp3) is 0.824. The van der Waals surface area contributed by atoms with Crippen molar-refractivity contribution in [3.63, 3.8) is 0 Å². The molecule has 4 N–H and O–H groups in total. The number of carbonyl (C=O) groups excluding carboxylic acids is 4. The van der Waals surface area contributed by atoms with E-state index in [1.165, 1.54) is 49.8 Å². The van der Waals surface area contributed by atoms with Crippen LogP contribution < -0.4 is 10.6 Å². The van der Waals surface area contributed by atoms with Gasteiger partial charge in [-0.2, -0.15) is 0 Å². The molecule has 1 saturated heterocycles. The van der Waals surface area contributed by atoms with Gasteiger partial charge in [0.15, 0.2) is 0 Å². The second-order valence-corrected chi connectivity index (χ2v) is 12.9. The van der Waals surface area contributed by atoms with E-state index in [1.54, 1.807) is 0 Å². The van der Waals surface area contributed by atoms with E-state index < -0.39 is 18.0 Å². The van der Waals surface area contributed by atoms with Crippen LogP contribution in [-0.4, -0.2) is 69.8 Å². The van der Waals surface area contributed by atoms with Crippen LogP contribution in [0.5, 0.6) is 0 Å². The van der Waals surface area contributed by atoms with Crippen molar-refractivity contribution in [1.82, 2.24) is 15.5 Å². The third-order valence-corrected chi connectivity index (χ3v) is 8.55. The van der Waals surface area contributed by atoms with E-state index >= 15 is 0 Å². The van der Waals surface area contributed by atoms with Crippen molar-refractivity contribution in [2.45, 2.75) is 155 Å². The van der Waals surface area contributed by atoms with Crippen LogP contribution in [0.2, 0.25) is 0 Å². The lowest BCUT2D eigenvalue weighted by molar-refractivity contribution is -0.142. The Kier molecular flexibility index (Phi) is 21.6. The molecule has 0 aromatic rings. The molecule has 0 radical (unpaired) electrons. The molecule has 1 fully saturated rings. The van der Waals surface area contributed by atoms with E-state index in [-0.39, 0.29) is 67.7 Å². The highest BCUT2D eigenvalue weighted by Gasteiger charge is 2.39. The number of aliphatic carboxylic acids is 2. The predicted molar refractivity (Wildman–Crippen MR) is 172 cm³/mol. The van der Waals surface area contributed by atoms with E-state index in [0.717, 1.165) is 38.5 Å². The molecule has 0 bridgehead atoms. The maximum Gasteiger partial charge on any atom is 0.328 e. The number of imide groups is 1. The van der Waals surface area contributed by atoms with Crippen LogP contribution in [0.1, 0.15) is 149 Å². The predicted octanol–water partition coefficient (Wildman–Crippen LogP) is 5.59. The fourth-order valence-electron chi connectivity index (χ4n) is 5.65. The highest BCUT2D eigenvalue weighted by molar-refractivity contribution is 6.03. The lowest BCUT2D eigenvalue weighted by atomic mass is 9.94. The third kappa shape index (κ3) is 19.2. The van der Waals surface area contributed by atoms with Crippen LogP contribution in [0, 0.1) is 11.8 Å². The van der Waals surface area contributed by atoms with Crippen molar-refractivity contribution in [2.75, 3.05) is 13.1 Å². The second-order valence-electron chi connectivity index (χ2n) is 12.9. The van der Waals surface area contributed by atoms with Gasteiger partial charge in [-0.15, -0.1) is 0 Å². The second kappa shape index (κ2) is 24.3. The molecule has 11 nitrogen and oxygen atoms in total. The number of nitrogens with one attached hydrogen (secondary N) is 2. The van der Waals surface area contributed by atoms with E-state index in [4.69, 9.17) is 5.11 Å². The number of hydrogen-bond donors (Lipinski definition) is 4. The number of unbranched alkanes of at least 4 members (excludes halogenated alkanes) is 15. The Hall–Kier alpha value is -2.98. The Balaban J connectivity index is 2.02. The quantitative estimate of drug-likeness (QED) is 0.0635. The number of carboxylic acids is 2. The summed E-state index contributed by atoms with van der Waals surface area (Å²) in [6, 6.07) is -1.18. The molecule has 2 atom stereocenters. The summed E-state index contributed by atoms with van der Waals surface area (Å²) in [5.41, 5.74) is 0. The van der Waals surface area contributed by atoms with Crippen molar-refractivity contribution >= 4 is 35.6 Å². The van der Waals surface area contributed by atoms with Gasteiger partial charge in [0.1, 0.15) is 6.04 Å². The summed E-state index contributed by atoms with van der Waals surface area (Å²) in [4.78, 5) is 72.3. The molecule has 258 valence electrons. The van der Waals surface area contributed by atoms with Gasteiger partial charge < -0.3 is 20.8 Å². The number of rotatable bonds is 28. The molecule has 4 amide bonds. The Morgan fingerprint density at radius 2 is 1.13 bits per heavy atom. The molecule has 0 aromatic heterocycles. The molecule has 45 heavy (non-hydrogen) atoms. The zero-order chi connectivity index (χ0) is 33.5. The highest BCUT2D eigenvalue weighted by atomic mass is 16.4. The van der Waals surface area contributed by atoms with Gasteiger partial charge in [0.25, 0.3) is 0 Å². The van der Waals surface area contributed by atoms with Crippen LogP contribution in [0.3, 0.4) is 0 Å². The smallest absolute Gasteiger partial charge is 0.328 e. The van der Waals surface area contributed by atoms with Crippen molar-refractivity contribution in [1.29, 1.82) is 0 Å². The largest absolute Gasteiger partial charge is 0.481 e. The van der Waals surface area contributed by atoms with Crippen molar-refractivity contribution in [3.05, 3.63) is 0 Å². The Labute approximate surface area is 269 Å². The molecular formula is C34H59N3O8. The average Bonchev–Trinajstić information content (AvgIpc) is 3.27. The van der Waals surface area contributed by atoms with Gasteiger partial charge in [-0.25, -0.2) is 4.79 Å². The summed E-state index contributed by atoms with van der Waals surface area (Å²) < 4.78 is 0. The van der Waals surface area contributed by atoms with Gasteiger partial charge in [-0.1, -0.05) is 97.3 Å². The zero-order valence-electron chi connectivity index (χ0n) is 27.8. The van der Waals surface area contributed by atoms with Gasteiger partial charge in [0.05, 0.1) is 0 Å². The first-order valence-electron chi connectivity index (χ1n) is 17.4. The number of carboxylic acid groups (broad SMARTS) is 2. The van der Waals surface area contributed by atoms with E-state index in [9.17, 15) is 33.9 Å². The first-order valence-corrected chi connectivity index (χ1v) is 17.4. The minimum absolute atomic E-state index is 0.108. The van der Waals surface area contributed by atoms with Gasteiger partial charge in [0.2, 0.25) is 23.6 Å². The molecule has 0 saturated carbocycles. The summed E-state index contributed by atoms with van der Waals surface area (Å²) in [5.74, 6) is -2.88. The van der Waals surface area contributed by atoms with Gasteiger partial charge in [0, 0.05) is 44.7 Å². The highest BCUT2D eigenvalue weighted by Crippen LogP contribution is 2.26. The standard InChI is InChI=1S/C34H59N3O8/c1-26(2)27-24-31(40)37(33(27)43)23-19-15-17-20-29(38)35-25-28(34(44)45)36-30(39)21-16-13-11-9-7-5-3-4-6-8-10-12-14-18-22-32(41)42/h26-28H,3-25H2,1-2H3,(H,35,38)(H,36,39)(H,41,42)(H,44,45). The van der Waals surface area contributed by atoms with Crippen LogP contribution in [0.15, 0.2) is 0 Å². The lowest BCUT2D eigenvalue weighted by Gasteiger charge is -2.16. The topological polar surface area (TPSA) is 170 Å². The number of carbonyl (C=O) groups is 6. The van der Waals surface area contributed by atoms with Crippen LogP contribution >= 0.6 is 0 Å². The summed E-state index contributed by atoms with van der Waals surface area (Å²) in [7, 11) is 0. The Morgan fingerprint density at radius 1 is 0.689 bits per heavy atom. The Bertz CT molecular complexity index is 923. The molecule has 1 heterocycles. The van der Waals surface area contributed by atoms with E-state index in [1.807, 2.05) is 13.8 Å². The molecule has 0 aliphatic carbocycles. The number of hydrogen-bond acceptors (Lipinski definition) is 6. The molecule has 1 rings (SSSR count). The molecule has 1 aliphatic rings. The first-order chi connectivity index (χ1) is 21.5. The number of nitrogens with zero attached hydrogens (tertiary/aromatic N) is 1. The van der Waals surface area contributed by atoms with Crippen LogP contribution in [0.25, 0.3) is 0 Å². The maximum absolute atomic E-state index is 12.4. The normalized spacial score (nSPS) is 15.4. The van der Waals surface area contributed by atoms with Crippen LogP contribution in [-0.2, 0) is 28.8 Å². The van der Waals surface area contributed by atoms with Gasteiger partial charge in [-0.3, -0.25) is 28.9 Å². The zero-order valence-corrected chi connectivity index (χ0v) is 27.8. The summed E-state index contributed by atoms with van der Waals surface area (Å²) >= 11 is 0. The molecule has 0 aromatic carbocycles. The van der Waals surface area contributed by atoms with Crippen molar-refractivity contribution in [3.8, 4) is 0 Å². The summed E-state index contributed by atoms with van der Waals surface area (Å²) in [6.07, 6.45) is 18.0. The molecule has 0 spiro atoms.